The Morgan fingerprint density at radius 2 is 1.80 bits per heavy atom. The molecule has 1 fully saturated rings. The van der Waals surface area contributed by atoms with Gasteiger partial charge in [-0.3, -0.25) is 9.59 Å². The number of carbonyl (C=O) groups is 2. The smallest absolute Gasteiger partial charge is 0.255 e. The molecule has 4 aromatic rings. The summed E-state index contributed by atoms with van der Waals surface area (Å²) in [5.41, 5.74) is 3.30. The molecule has 0 unspecified atom stereocenters. The van der Waals surface area contributed by atoms with Crippen LogP contribution in [0.25, 0.3) is 10.9 Å². The van der Waals surface area contributed by atoms with Gasteiger partial charge < -0.3 is 24.3 Å². The molecule has 1 N–H and O–H groups in total. The predicted molar refractivity (Wildman–Crippen MR) is 155 cm³/mol. The molecule has 0 spiro atoms. The molecule has 2 amide bonds. The van der Waals surface area contributed by atoms with Crippen molar-refractivity contribution in [1.82, 2.24) is 14.8 Å². The highest BCUT2D eigenvalue weighted by Crippen LogP contribution is 2.49. The van der Waals surface area contributed by atoms with Gasteiger partial charge >= 0.3 is 0 Å². The number of hydrogen-bond acceptors (Lipinski definition) is 4. The second-order valence-electron chi connectivity index (χ2n) is 10.9. The van der Waals surface area contributed by atoms with E-state index in [0.29, 0.717) is 23.1 Å². The maximum absolute atomic E-state index is 14.3. The number of carbonyl (C=O) groups excluding carboxylic acids is 2. The molecular weight excluding hydrogens is 526 g/mol. The first-order valence-corrected chi connectivity index (χ1v) is 13.9. The van der Waals surface area contributed by atoms with E-state index in [0.717, 1.165) is 33.3 Å². The Labute approximate surface area is 238 Å². The summed E-state index contributed by atoms with van der Waals surface area (Å²) < 4.78 is 11.6. The molecule has 0 radical (unpaired) electrons. The van der Waals surface area contributed by atoms with Crippen molar-refractivity contribution in [1.29, 1.82) is 0 Å². The number of nitrogens with one attached hydrogen (secondary N) is 1. The lowest BCUT2D eigenvalue weighted by Crippen LogP contribution is -2.67. The molecule has 3 heterocycles. The number of fused-ring (bicyclic) bond motifs is 5. The Morgan fingerprint density at radius 3 is 2.55 bits per heavy atom. The number of aromatic amines is 1. The van der Waals surface area contributed by atoms with Crippen LogP contribution >= 0.6 is 11.6 Å². The van der Waals surface area contributed by atoms with E-state index in [1.165, 1.54) is 0 Å². The number of H-pyrrole nitrogens is 1. The van der Waals surface area contributed by atoms with Gasteiger partial charge in [0.1, 0.15) is 6.54 Å². The number of benzene rings is 3. The van der Waals surface area contributed by atoms with Crippen molar-refractivity contribution in [2.24, 2.45) is 0 Å². The van der Waals surface area contributed by atoms with Crippen molar-refractivity contribution in [3.63, 3.8) is 0 Å². The summed E-state index contributed by atoms with van der Waals surface area (Å²) in [6.45, 7) is 6.43. The molecule has 2 aliphatic rings. The van der Waals surface area contributed by atoms with E-state index < -0.39 is 5.54 Å². The van der Waals surface area contributed by atoms with Crippen molar-refractivity contribution < 1.29 is 19.1 Å². The number of methoxy groups -OCH3 is 1. The van der Waals surface area contributed by atoms with Crippen molar-refractivity contribution in [3.8, 4) is 11.5 Å². The number of ether oxygens (including phenoxy) is 2. The summed E-state index contributed by atoms with van der Waals surface area (Å²) in [4.78, 5) is 35.0. The van der Waals surface area contributed by atoms with Crippen LogP contribution < -0.4 is 9.47 Å². The number of nitrogens with zero attached hydrogens (tertiary/aromatic N) is 2. The van der Waals surface area contributed by atoms with Gasteiger partial charge in [-0.1, -0.05) is 54.1 Å². The van der Waals surface area contributed by atoms with Crippen molar-refractivity contribution in [2.75, 3.05) is 20.2 Å². The average molecular weight is 558 g/mol. The maximum Gasteiger partial charge on any atom is 0.255 e. The largest absolute Gasteiger partial charge is 0.493 e. The molecule has 2 atom stereocenters. The van der Waals surface area contributed by atoms with Crippen LogP contribution in [0.3, 0.4) is 0 Å². The predicted octanol–water partition coefficient (Wildman–Crippen LogP) is 5.85. The van der Waals surface area contributed by atoms with Crippen molar-refractivity contribution >= 4 is 34.3 Å². The maximum atomic E-state index is 14.3. The van der Waals surface area contributed by atoms with Gasteiger partial charge in [-0.15, -0.1) is 0 Å². The minimum Gasteiger partial charge on any atom is -0.493 e. The molecular formula is C32H32ClN3O4. The molecule has 0 saturated carbocycles. The summed E-state index contributed by atoms with van der Waals surface area (Å²) >= 11 is 6.43. The van der Waals surface area contributed by atoms with Crippen LogP contribution in [0.5, 0.6) is 11.5 Å². The lowest BCUT2D eigenvalue weighted by molar-refractivity contribution is -0.166. The number of aromatic nitrogens is 1. The summed E-state index contributed by atoms with van der Waals surface area (Å²) in [6.07, 6.45) is 0.000977. The Balaban J connectivity index is 1.48. The average Bonchev–Trinajstić information content (AvgIpc) is 3.34. The first kappa shape index (κ1) is 26.3. The molecule has 2 aliphatic heterocycles. The highest BCUT2D eigenvalue weighted by atomic mass is 35.5. The molecule has 8 heteroatoms. The third kappa shape index (κ3) is 4.11. The van der Waals surface area contributed by atoms with Crippen LogP contribution in [0, 0.1) is 0 Å². The Kier molecular flexibility index (Phi) is 6.50. The molecule has 7 nitrogen and oxygen atoms in total. The van der Waals surface area contributed by atoms with Gasteiger partial charge in [0.05, 0.1) is 18.9 Å². The van der Waals surface area contributed by atoms with E-state index in [9.17, 15) is 9.59 Å². The van der Waals surface area contributed by atoms with Crippen LogP contribution in [-0.4, -0.2) is 52.9 Å². The van der Waals surface area contributed by atoms with Gasteiger partial charge in [0.2, 0.25) is 5.91 Å². The first-order valence-electron chi connectivity index (χ1n) is 13.5. The Bertz CT molecular complexity index is 1630. The van der Waals surface area contributed by atoms with E-state index in [2.05, 4.69) is 11.1 Å². The van der Waals surface area contributed by atoms with E-state index in [1.54, 1.807) is 23.0 Å². The van der Waals surface area contributed by atoms with E-state index in [4.69, 9.17) is 21.1 Å². The fourth-order valence-electron chi connectivity index (χ4n) is 6.19. The highest BCUT2D eigenvalue weighted by Gasteiger charge is 2.56. The van der Waals surface area contributed by atoms with E-state index in [1.807, 2.05) is 75.4 Å². The molecule has 0 bridgehead atoms. The van der Waals surface area contributed by atoms with Crippen LogP contribution in [0.1, 0.15) is 49.1 Å². The van der Waals surface area contributed by atoms with Crippen LogP contribution in [0.15, 0.2) is 66.7 Å². The lowest BCUT2D eigenvalue weighted by atomic mass is 9.76. The number of hydrogen-bond donors (Lipinski definition) is 1. The molecule has 1 aromatic heterocycles. The van der Waals surface area contributed by atoms with Gasteiger partial charge in [-0.2, -0.15) is 0 Å². The number of para-hydroxylation sites is 1. The van der Waals surface area contributed by atoms with Gasteiger partial charge in [0, 0.05) is 34.9 Å². The van der Waals surface area contributed by atoms with Crippen LogP contribution in [0.4, 0.5) is 0 Å². The molecule has 0 aliphatic carbocycles. The standard InChI is InChI=1S/C32H32ClN3O4/c1-19(2)40-26-14-13-20(15-27(26)39-4)23-17-36-28(37)18-35(16-21-9-5-7-11-24(21)33)31(38)32(36,3)30-29(23)22-10-6-8-12-25(22)34-30/h5-15,19,23,34H,16-18H2,1-4H3/t23-,32-/m0/s1. The minimum absolute atomic E-state index is 0.000977. The number of piperazine rings is 1. The lowest BCUT2D eigenvalue weighted by Gasteiger charge is -2.51. The van der Waals surface area contributed by atoms with Crippen LogP contribution in [0.2, 0.25) is 5.02 Å². The SMILES string of the molecule is COc1cc([C@@H]2CN3C(=O)CN(Cc4ccccc4Cl)C(=O)[C@]3(C)c3[nH]c4ccccc4c32)ccc1OC(C)C. The Hall–Kier alpha value is -3.97. The number of rotatable bonds is 6. The molecule has 6 rings (SSSR count). The van der Waals surface area contributed by atoms with Crippen LogP contribution in [-0.2, 0) is 21.7 Å². The van der Waals surface area contributed by atoms with E-state index in [-0.39, 0.29) is 36.9 Å². The normalized spacial score (nSPS) is 20.6. The molecule has 40 heavy (non-hydrogen) atoms. The number of halogens is 1. The Morgan fingerprint density at radius 1 is 1.05 bits per heavy atom. The summed E-state index contributed by atoms with van der Waals surface area (Å²) in [7, 11) is 1.63. The third-order valence-corrected chi connectivity index (χ3v) is 8.46. The molecule has 1 saturated heterocycles. The third-order valence-electron chi connectivity index (χ3n) is 8.09. The fraction of sp³-hybridized carbons (Fsp3) is 0.312. The second-order valence-corrected chi connectivity index (χ2v) is 11.3. The van der Waals surface area contributed by atoms with Gasteiger partial charge in [-0.05, 0) is 61.7 Å². The number of amides is 2. The van der Waals surface area contributed by atoms with Gasteiger partial charge in [0.25, 0.3) is 5.91 Å². The molecule has 206 valence electrons. The fourth-order valence-corrected chi connectivity index (χ4v) is 6.38. The summed E-state index contributed by atoms with van der Waals surface area (Å²) in [6, 6.07) is 21.4. The second kappa shape index (κ2) is 9.89. The van der Waals surface area contributed by atoms with E-state index >= 15 is 0 Å². The van der Waals surface area contributed by atoms with Crippen molar-refractivity contribution in [2.45, 2.75) is 44.9 Å². The monoisotopic (exact) mass is 557 g/mol. The summed E-state index contributed by atoms with van der Waals surface area (Å²) in [5, 5.41) is 1.61. The summed E-state index contributed by atoms with van der Waals surface area (Å²) in [5.74, 6) is 0.896. The van der Waals surface area contributed by atoms with Gasteiger partial charge in [-0.25, -0.2) is 0 Å². The molecule has 3 aromatic carbocycles. The van der Waals surface area contributed by atoms with Gasteiger partial charge in [0.15, 0.2) is 17.0 Å². The highest BCUT2D eigenvalue weighted by molar-refractivity contribution is 6.31. The zero-order valence-corrected chi connectivity index (χ0v) is 23.8. The quantitative estimate of drug-likeness (QED) is 0.323. The minimum atomic E-state index is -1.19. The topological polar surface area (TPSA) is 74.9 Å². The first-order chi connectivity index (χ1) is 19.2. The van der Waals surface area contributed by atoms with Crippen molar-refractivity contribution in [3.05, 3.63) is 94.1 Å². The zero-order chi connectivity index (χ0) is 28.2. The zero-order valence-electron chi connectivity index (χ0n) is 23.0.